The molecule has 0 radical (unpaired) electrons. The predicted octanol–water partition coefficient (Wildman–Crippen LogP) is 4.51. The van der Waals surface area contributed by atoms with E-state index >= 15 is 0 Å². The van der Waals surface area contributed by atoms with Crippen LogP contribution in [0, 0.1) is 5.82 Å². The molecule has 0 bridgehead atoms. The number of aromatic nitrogens is 1. The summed E-state index contributed by atoms with van der Waals surface area (Å²) in [5, 5.41) is 0. The van der Waals surface area contributed by atoms with Gasteiger partial charge in [-0.1, -0.05) is 22.0 Å². The van der Waals surface area contributed by atoms with E-state index in [0.29, 0.717) is 22.0 Å². The molecule has 1 heterocycles. The first-order chi connectivity index (χ1) is 8.17. The second-order valence-corrected chi connectivity index (χ2v) is 4.53. The Morgan fingerprint density at radius 3 is 2.71 bits per heavy atom. The van der Waals surface area contributed by atoms with Crippen molar-refractivity contribution in [3.05, 3.63) is 52.4 Å². The van der Waals surface area contributed by atoms with Gasteiger partial charge in [0.15, 0.2) is 0 Å². The molecule has 0 aliphatic heterocycles. The smallest absolute Gasteiger partial charge is 0.219 e. The molecule has 0 spiro atoms. The lowest BCUT2D eigenvalue weighted by Crippen LogP contribution is -1.89. The summed E-state index contributed by atoms with van der Waals surface area (Å²) in [6.07, 6.45) is 1.62. The zero-order valence-corrected chi connectivity index (χ0v) is 11.0. The van der Waals surface area contributed by atoms with Crippen LogP contribution in [0.1, 0.15) is 5.56 Å². The average Bonchev–Trinajstić information content (AvgIpc) is 2.28. The lowest BCUT2D eigenvalue weighted by atomic mass is 10.3. The van der Waals surface area contributed by atoms with Gasteiger partial charge in [-0.3, -0.25) is 0 Å². The van der Waals surface area contributed by atoms with Gasteiger partial charge < -0.3 is 4.74 Å². The number of hydrogen-bond acceptors (Lipinski definition) is 2. The number of rotatable bonds is 3. The molecule has 0 aliphatic rings. The Morgan fingerprint density at radius 1 is 1.29 bits per heavy atom. The SMILES string of the molecule is Fc1cc(Br)cc(Oc2ccc(CCl)cn2)c1. The van der Waals surface area contributed by atoms with E-state index in [9.17, 15) is 4.39 Å². The second kappa shape index (κ2) is 5.47. The van der Waals surface area contributed by atoms with Crippen LogP contribution < -0.4 is 4.74 Å². The highest BCUT2D eigenvalue weighted by Crippen LogP contribution is 2.24. The molecular formula is C12H8BrClFNO. The number of halogens is 3. The third-order valence-electron chi connectivity index (χ3n) is 2.01. The molecule has 0 saturated heterocycles. The van der Waals surface area contributed by atoms with E-state index in [4.69, 9.17) is 16.3 Å². The molecule has 88 valence electrons. The van der Waals surface area contributed by atoms with Crippen LogP contribution in [0.15, 0.2) is 41.0 Å². The topological polar surface area (TPSA) is 22.1 Å². The van der Waals surface area contributed by atoms with Crippen LogP contribution in [-0.4, -0.2) is 4.98 Å². The van der Waals surface area contributed by atoms with E-state index in [1.165, 1.54) is 12.1 Å². The van der Waals surface area contributed by atoms with Gasteiger partial charge in [0.1, 0.15) is 11.6 Å². The zero-order valence-electron chi connectivity index (χ0n) is 8.66. The molecule has 17 heavy (non-hydrogen) atoms. The summed E-state index contributed by atoms with van der Waals surface area (Å²) in [5.41, 5.74) is 0.902. The largest absolute Gasteiger partial charge is 0.439 e. The molecule has 0 N–H and O–H groups in total. The van der Waals surface area contributed by atoms with Gasteiger partial charge in [-0.15, -0.1) is 11.6 Å². The first-order valence-corrected chi connectivity index (χ1v) is 6.15. The summed E-state index contributed by atoms with van der Waals surface area (Å²) in [4.78, 5) is 4.06. The van der Waals surface area contributed by atoms with E-state index < -0.39 is 0 Å². The van der Waals surface area contributed by atoms with Gasteiger partial charge in [-0.05, 0) is 17.7 Å². The van der Waals surface area contributed by atoms with Gasteiger partial charge in [-0.2, -0.15) is 0 Å². The van der Waals surface area contributed by atoms with Crippen LogP contribution >= 0.6 is 27.5 Å². The van der Waals surface area contributed by atoms with Crippen LogP contribution in [0.5, 0.6) is 11.6 Å². The highest BCUT2D eigenvalue weighted by Gasteiger charge is 2.02. The minimum absolute atomic E-state index is 0.369. The Labute approximate surface area is 112 Å². The molecule has 0 unspecified atom stereocenters. The van der Waals surface area contributed by atoms with Gasteiger partial charge >= 0.3 is 0 Å². The molecule has 0 fully saturated rings. The summed E-state index contributed by atoms with van der Waals surface area (Å²) >= 11 is 8.84. The fourth-order valence-electron chi connectivity index (χ4n) is 1.26. The molecule has 0 atom stereocenters. The van der Waals surface area contributed by atoms with Gasteiger partial charge in [0.25, 0.3) is 0 Å². The Balaban J connectivity index is 2.19. The van der Waals surface area contributed by atoms with Crippen molar-refractivity contribution in [2.24, 2.45) is 0 Å². The zero-order chi connectivity index (χ0) is 12.3. The lowest BCUT2D eigenvalue weighted by molar-refractivity contribution is 0.457. The van der Waals surface area contributed by atoms with Gasteiger partial charge in [-0.25, -0.2) is 9.37 Å². The van der Waals surface area contributed by atoms with Crippen molar-refractivity contribution < 1.29 is 9.13 Å². The molecule has 1 aromatic carbocycles. The van der Waals surface area contributed by atoms with E-state index in [1.807, 2.05) is 6.07 Å². The number of pyridine rings is 1. The number of benzene rings is 1. The molecule has 2 nitrogen and oxygen atoms in total. The molecule has 5 heteroatoms. The average molecular weight is 317 g/mol. The Kier molecular flexibility index (Phi) is 3.97. The van der Waals surface area contributed by atoms with Crippen LogP contribution in [0.4, 0.5) is 4.39 Å². The maximum Gasteiger partial charge on any atom is 0.219 e. The molecule has 0 saturated carbocycles. The Hall–Kier alpha value is -1.13. The van der Waals surface area contributed by atoms with Crippen LogP contribution in [0.25, 0.3) is 0 Å². The fourth-order valence-corrected chi connectivity index (χ4v) is 1.86. The van der Waals surface area contributed by atoms with Crippen molar-refractivity contribution in [2.75, 3.05) is 0 Å². The minimum Gasteiger partial charge on any atom is -0.439 e. The Bertz CT molecular complexity index is 498. The normalized spacial score (nSPS) is 10.3. The molecule has 0 amide bonds. The fraction of sp³-hybridized carbons (Fsp3) is 0.0833. The maximum absolute atomic E-state index is 13.1. The number of ether oxygens (including phenoxy) is 1. The number of alkyl halides is 1. The first-order valence-electron chi connectivity index (χ1n) is 4.82. The van der Waals surface area contributed by atoms with Crippen molar-refractivity contribution in [3.63, 3.8) is 0 Å². The monoisotopic (exact) mass is 315 g/mol. The summed E-state index contributed by atoms with van der Waals surface area (Å²) in [6.45, 7) is 0. The van der Waals surface area contributed by atoms with Gasteiger partial charge in [0, 0.05) is 28.7 Å². The third kappa shape index (κ3) is 3.41. The van der Waals surface area contributed by atoms with E-state index in [2.05, 4.69) is 20.9 Å². The van der Waals surface area contributed by atoms with Crippen LogP contribution in [-0.2, 0) is 5.88 Å². The predicted molar refractivity (Wildman–Crippen MR) is 68.0 cm³/mol. The van der Waals surface area contributed by atoms with Crippen molar-refractivity contribution in [1.82, 2.24) is 4.98 Å². The van der Waals surface area contributed by atoms with E-state index in [0.717, 1.165) is 5.56 Å². The molecule has 1 aromatic heterocycles. The van der Waals surface area contributed by atoms with Gasteiger partial charge in [0.2, 0.25) is 5.88 Å². The van der Waals surface area contributed by atoms with E-state index in [1.54, 1.807) is 18.3 Å². The van der Waals surface area contributed by atoms with Crippen LogP contribution in [0.3, 0.4) is 0 Å². The second-order valence-electron chi connectivity index (χ2n) is 3.35. The van der Waals surface area contributed by atoms with Crippen LogP contribution in [0.2, 0.25) is 0 Å². The van der Waals surface area contributed by atoms with Gasteiger partial charge in [0.05, 0.1) is 0 Å². The highest BCUT2D eigenvalue weighted by molar-refractivity contribution is 9.10. The molecule has 2 aromatic rings. The molecular weight excluding hydrogens is 308 g/mol. The summed E-state index contributed by atoms with van der Waals surface area (Å²) < 4.78 is 19.1. The summed E-state index contributed by atoms with van der Waals surface area (Å²) in [6, 6.07) is 7.82. The quantitative estimate of drug-likeness (QED) is 0.777. The number of hydrogen-bond donors (Lipinski definition) is 0. The van der Waals surface area contributed by atoms with Crippen molar-refractivity contribution in [3.8, 4) is 11.6 Å². The van der Waals surface area contributed by atoms with Crippen molar-refractivity contribution >= 4 is 27.5 Å². The summed E-state index contributed by atoms with van der Waals surface area (Å²) in [7, 11) is 0. The minimum atomic E-state index is -0.369. The molecule has 2 rings (SSSR count). The summed E-state index contributed by atoms with van der Waals surface area (Å²) in [5.74, 6) is 0.824. The third-order valence-corrected chi connectivity index (χ3v) is 2.78. The lowest BCUT2D eigenvalue weighted by Gasteiger charge is -2.05. The molecule has 0 aliphatic carbocycles. The standard InChI is InChI=1S/C12H8BrClFNO/c13-9-3-10(15)5-11(4-9)17-12-2-1-8(6-14)7-16-12/h1-5,7H,6H2. The van der Waals surface area contributed by atoms with Crippen molar-refractivity contribution in [2.45, 2.75) is 5.88 Å². The Morgan fingerprint density at radius 2 is 2.12 bits per heavy atom. The number of nitrogens with zero attached hydrogens (tertiary/aromatic N) is 1. The van der Waals surface area contributed by atoms with E-state index in [-0.39, 0.29) is 5.82 Å². The first kappa shape index (κ1) is 12.3. The van der Waals surface area contributed by atoms with Crippen molar-refractivity contribution in [1.29, 1.82) is 0 Å². The highest BCUT2D eigenvalue weighted by atomic mass is 79.9. The maximum atomic E-state index is 13.1.